The van der Waals surface area contributed by atoms with Gasteiger partial charge in [0.2, 0.25) is 0 Å². The van der Waals surface area contributed by atoms with Crippen molar-refractivity contribution in [1.82, 2.24) is 9.97 Å². The van der Waals surface area contributed by atoms with Crippen molar-refractivity contribution in [2.45, 2.75) is 45.1 Å². The number of nitrogens with one attached hydrogen (secondary N) is 1. The lowest BCUT2D eigenvalue weighted by molar-refractivity contribution is 0.778. The maximum atomic E-state index is 4.42. The number of unbranched alkanes of at least 4 members (excludes halogenated alkanes) is 2. The fourth-order valence-electron chi connectivity index (χ4n) is 1.25. The smallest absolute Gasteiger partial charge is 0.117 e. The van der Waals surface area contributed by atoms with Gasteiger partial charge in [0.25, 0.3) is 0 Å². The summed E-state index contributed by atoms with van der Waals surface area (Å²) in [5.74, 6) is 2.22. The Morgan fingerprint density at radius 3 is 2.62 bits per heavy atom. The molecule has 1 aromatic rings. The molecule has 1 N–H and O–H groups in total. The van der Waals surface area contributed by atoms with E-state index in [0.29, 0.717) is 0 Å². The minimum Gasteiger partial charge on any atom is -0.345 e. The summed E-state index contributed by atoms with van der Waals surface area (Å²) in [6, 6.07) is 0. The SMILES string of the molecule is CCCCCSc1nc(C)[nH]c1C. The van der Waals surface area contributed by atoms with Gasteiger partial charge in [-0.2, -0.15) is 0 Å². The van der Waals surface area contributed by atoms with E-state index in [9.17, 15) is 0 Å². The number of aryl methyl sites for hydroxylation is 2. The molecule has 1 aromatic heterocycles. The van der Waals surface area contributed by atoms with Crippen LogP contribution in [0.5, 0.6) is 0 Å². The summed E-state index contributed by atoms with van der Waals surface area (Å²) in [7, 11) is 0. The molecule has 0 amide bonds. The minimum absolute atomic E-state index is 1.02. The zero-order chi connectivity index (χ0) is 9.68. The quantitative estimate of drug-likeness (QED) is 0.581. The summed E-state index contributed by atoms with van der Waals surface area (Å²) in [6.07, 6.45) is 3.92. The first-order valence-electron chi connectivity index (χ1n) is 4.90. The fraction of sp³-hybridized carbons (Fsp3) is 0.700. The van der Waals surface area contributed by atoms with Gasteiger partial charge in [0.15, 0.2) is 0 Å². The molecular weight excluding hydrogens is 180 g/mol. The van der Waals surface area contributed by atoms with Crippen molar-refractivity contribution in [3.05, 3.63) is 11.5 Å². The predicted molar refractivity (Wildman–Crippen MR) is 58.3 cm³/mol. The van der Waals surface area contributed by atoms with Crippen LogP contribution in [0.25, 0.3) is 0 Å². The Morgan fingerprint density at radius 2 is 2.08 bits per heavy atom. The molecule has 0 saturated heterocycles. The average Bonchev–Trinajstić information content (AvgIpc) is 2.39. The Kier molecular flexibility index (Phi) is 4.36. The van der Waals surface area contributed by atoms with Crippen LogP contribution in [0.2, 0.25) is 0 Å². The van der Waals surface area contributed by atoms with Crippen molar-refractivity contribution in [2.75, 3.05) is 5.75 Å². The molecule has 0 radical (unpaired) electrons. The van der Waals surface area contributed by atoms with Gasteiger partial charge in [-0.05, 0) is 26.0 Å². The molecule has 13 heavy (non-hydrogen) atoms. The molecule has 0 spiro atoms. The summed E-state index contributed by atoms with van der Waals surface area (Å²) in [6.45, 7) is 6.32. The summed E-state index contributed by atoms with van der Waals surface area (Å²) >= 11 is 1.87. The van der Waals surface area contributed by atoms with Crippen molar-refractivity contribution >= 4 is 11.8 Å². The Hall–Kier alpha value is -0.440. The third-order valence-electron chi connectivity index (χ3n) is 1.95. The highest BCUT2D eigenvalue weighted by Gasteiger charge is 2.03. The van der Waals surface area contributed by atoms with Gasteiger partial charge in [-0.3, -0.25) is 0 Å². The van der Waals surface area contributed by atoms with Crippen LogP contribution in [0, 0.1) is 13.8 Å². The number of aromatic amines is 1. The van der Waals surface area contributed by atoms with Gasteiger partial charge in [0.1, 0.15) is 10.9 Å². The highest BCUT2D eigenvalue weighted by Crippen LogP contribution is 2.20. The molecule has 2 nitrogen and oxygen atoms in total. The maximum absolute atomic E-state index is 4.42. The summed E-state index contributed by atoms with van der Waals surface area (Å²) in [5, 5.41) is 1.17. The van der Waals surface area contributed by atoms with Crippen molar-refractivity contribution in [3.63, 3.8) is 0 Å². The van der Waals surface area contributed by atoms with Gasteiger partial charge in [-0.25, -0.2) is 4.98 Å². The Balaban J connectivity index is 2.32. The van der Waals surface area contributed by atoms with E-state index in [-0.39, 0.29) is 0 Å². The zero-order valence-electron chi connectivity index (χ0n) is 8.68. The van der Waals surface area contributed by atoms with Crippen molar-refractivity contribution < 1.29 is 0 Å². The average molecular weight is 198 g/mol. The van der Waals surface area contributed by atoms with E-state index in [1.165, 1.54) is 35.7 Å². The van der Waals surface area contributed by atoms with Gasteiger partial charge < -0.3 is 4.98 Å². The van der Waals surface area contributed by atoms with E-state index in [4.69, 9.17) is 0 Å². The van der Waals surface area contributed by atoms with Crippen LogP contribution in [0.3, 0.4) is 0 Å². The van der Waals surface area contributed by atoms with E-state index < -0.39 is 0 Å². The summed E-state index contributed by atoms with van der Waals surface area (Å²) in [4.78, 5) is 7.63. The second-order valence-corrected chi connectivity index (χ2v) is 4.39. The molecule has 1 rings (SSSR count). The van der Waals surface area contributed by atoms with E-state index >= 15 is 0 Å². The molecular formula is C10H18N2S. The third-order valence-corrected chi connectivity index (χ3v) is 3.11. The largest absolute Gasteiger partial charge is 0.345 e. The number of nitrogens with zero attached hydrogens (tertiary/aromatic N) is 1. The van der Waals surface area contributed by atoms with Gasteiger partial charge in [-0.15, -0.1) is 11.8 Å². The maximum Gasteiger partial charge on any atom is 0.117 e. The van der Waals surface area contributed by atoms with E-state index in [1.807, 2.05) is 18.7 Å². The van der Waals surface area contributed by atoms with Crippen molar-refractivity contribution in [1.29, 1.82) is 0 Å². The Morgan fingerprint density at radius 1 is 1.31 bits per heavy atom. The first kappa shape index (κ1) is 10.6. The lowest BCUT2D eigenvalue weighted by Crippen LogP contribution is -1.82. The van der Waals surface area contributed by atoms with Crippen LogP contribution < -0.4 is 0 Å². The lowest BCUT2D eigenvalue weighted by Gasteiger charge is -1.97. The van der Waals surface area contributed by atoms with E-state index in [2.05, 4.69) is 23.8 Å². The lowest BCUT2D eigenvalue weighted by atomic mass is 10.3. The standard InChI is InChI=1S/C10H18N2S/c1-4-5-6-7-13-10-8(2)11-9(3)12-10/h4-7H2,1-3H3,(H,11,12). The number of hydrogen-bond donors (Lipinski definition) is 1. The molecule has 3 heteroatoms. The highest BCUT2D eigenvalue weighted by molar-refractivity contribution is 7.99. The molecule has 1 heterocycles. The number of aromatic nitrogens is 2. The van der Waals surface area contributed by atoms with Crippen molar-refractivity contribution in [2.24, 2.45) is 0 Å². The molecule has 0 aliphatic heterocycles. The molecule has 0 aliphatic rings. The van der Waals surface area contributed by atoms with Crippen LogP contribution in [-0.4, -0.2) is 15.7 Å². The van der Waals surface area contributed by atoms with Crippen LogP contribution in [0.1, 0.15) is 37.7 Å². The highest BCUT2D eigenvalue weighted by atomic mass is 32.2. The first-order valence-corrected chi connectivity index (χ1v) is 5.88. The van der Waals surface area contributed by atoms with Crippen LogP contribution in [0.15, 0.2) is 5.03 Å². The topological polar surface area (TPSA) is 28.7 Å². The number of hydrogen-bond acceptors (Lipinski definition) is 2. The second kappa shape index (κ2) is 5.32. The molecule has 0 unspecified atom stereocenters. The molecule has 74 valence electrons. The van der Waals surface area contributed by atoms with Crippen LogP contribution >= 0.6 is 11.8 Å². The Labute approximate surface area is 84.5 Å². The van der Waals surface area contributed by atoms with Gasteiger partial charge in [0, 0.05) is 5.69 Å². The molecule has 0 fully saturated rings. The van der Waals surface area contributed by atoms with Gasteiger partial charge in [0.05, 0.1) is 0 Å². The molecule has 0 aliphatic carbocycles. The fourth-order valence-corrected chi connectivity index (χ4v) is 2.26. The minimum atomic E-state index is 1.02. The summed E-state index contributed by atoms with van der Waals surface area (Å²) in [5.41, 5.74) is 1.21. The van der Waals surface area contributed by atoms with Gasteiger partial charge >= 0.3 is 0 Å². The zero-order valence-corrected chi connectivity index (χ0v) is 9.50. The monoisotopic (exact) mass is 198 g/mol. The van der Waals surface area contributed by atoms with Crippen molar-refractivity contribution in [3.8, 4) is 0 Å². The predicted octanol–water partition coefficient (Wildman–Crippen LogP) is 3.31. The van der Waals surface area contributed by atoms with Crippen LogP contribution in [-0.2, 0) is 0 Å². The van der Waals surface area contributed by atoms with E-state index in [1.54, 1.807) is 0 Å². The second-order valence-electron chi connectivity index (χ2n) is 3.31. The number of H-pyrrole nitrogens is 1. The van der Waals surface area contributed by atoms with Crippen LogP contribution in [0.4, 0.5) is 0 Å². The molecule has 0 bridgehead atoms. The Bertz CT molecular complexity index is 255. The molecule has 0 saturated carbocycles. The summed E-state index contributed by atoms with van der Waals surface area (Å²) < 4.78 is 0. The normalized spacial score (nSPS) is 10.7. The molecule has 0 atom stereocenters. The first-order chi connectivity index (χ1) is 6.24. The number of rotatable bonds is 5. The molecule has 0 aromatic carbocycles. The third kappa shape index (κ3) is 3.43. The number of thioether (sulfide) groups is 1. The van der Waals surface area contributed by atoms with E-state index in [0.717, 1.165) is 5.82 Å². The van der Waals surface area contributed by atoms with Gasteiger partial charge in [-0.1, -0.05) is 19.8 Å². The number of imidazole rings is 1.